The zero-order valence-corrected chi connectivity index (χ0v) is 22.4. The molecule has 0 spiro atoms. The fourth-order valence-electron chi connectivity index (χ4n) is 3.81. The van der Waals surface area contributed by atoms with Crippen molar-refractivity contribution in [2.75, 3.05) is 23.7 Å². The number of hydrogen-bond donors (Lipinski definition) is 2. The molecule has 190 valence electrons. The van der Waals surface area contributed by atoms with Crippen LogP contribution in [0.4, 0.5) is 10.8 Å². The number of nitrogens with zero attached hydrogens (tertiary/aromatic N) is 3. The summed E-state index contributed by atoms with van der Waals surface area (Å²) in [7, 11) is 0. The van der Waals surface area contributed by atoms with Gasteiger partial charge in [0, 0.05) is 35.8 Å². The largest absolute Gasteiger partial charge is 0.444 e. The van der Waals surface area contributed by atoms with Crippen molar-refractivity contribution in [2.45, 2.75) is 55.0 Å². The van der Waals surface area contributed by atoms with Crippen LogP contribution in [-0.4, -0.2) is 45.8 Å². The number of aromatic nitrogens is 2. The Morgan fingerprint density at radius 2 is 2.14 bits per heavy atom. The van der Waals surface area contributed by atoms with Crippen LogP contribution in [0.5, 0.6) is 0 Å². The summed E-state index contributed by atoms with van der Waals surface area (Å²) < 4.78 is 6.95. The molecular formula is C26H31N5O3S2. The maximum atomic E-state index is 13.1. The highest BCUT2D eigenvalue weighted by Crippen LogP contribution is 2.32. The van der Waals surface area contributed by atoms with Crippen LogP contribution in [0.15, 0.2) is 57.9 Å². The molecule has 0 radical (unpaired) electrons. The second-order valence-electron chi connectivity index (χ2n) is 9.65. The highest BCUT2D eigenvalue weighted by Gasteiger charge is 2.25. The SMILES string of the molecule is C=CC(=O)Nc1cccc(C(=O)N2CCCC(Nc3ncc(SCc4ncc(C(C)(C)C)o4)s3)C2)c1. The van der Waals surface area contributed by atoms with Crippen LogP contribution < -0.4 is 10.6 Å². The molecule has 0 saturated carbocycles. The summed E-state index contributed by atoms with van der Waals surface area (Å²) in [5.41, 5.74) is 1.06. The van der Waals surface area contributed by atoms with E-state index in [0.29, 0.717) is 36.0 Å². The van der Waals surface area contributed by atoms with E-state index in [2.05, 4.69) is 48.0 Å². The van der Waals surface area contributed by atoms with Crippen molar-refractivity contribution in [1.82, 2.24) is 14.9 Å². The summed E-state index contributed by atoms with van der Waals surface area (Å²) >= 11 is 3.24. The minimum Gasteiger partial charge on any atom is -0.444 e. The van der Waals surface area contributed by atoms with Gasteiger partial charge in [0.05, 0.1) is 22.4 Å². The molecule has 2 aromatic heterocycles. The van der Waals surface area contributed by atoms with Gasteiger partial charge in [0.25, 0.3) is 5.91 Å². The van der Waals surface area contributed by atoms with Crippen LogP contribution >= 0.6 is 23.1 Å². The zero-order valence-electron chi connectivity index (χ0n) is 20.7. The number of benzene rings is 1. The molecule has 1 aliphatic rings. The third-order valence-electron chi connectivity index (χ3n) is 5.71. The van der Waals surface area contributed by atoms with Gasteiger partial charge >= 0.3 is 0 Å². The summed E-state index contributed by atoms with van der Waals surface area (Å²) in [4.78, 5) is 35.5. The van der Waals surface area contributed by atoms with Crippen LogP contribution in [0.1, 0.15) is 55.6 Å². The van der Waals surface area contributed by atoms with Crippen LogP contribution in [-0.2, 0) is 16.0 Å². The van der Waals surface area contributed by atoms with Crippen molar-refractivity contribution in [3.63, 3.8) is 0 Å². The van der Waals surface area contributed by atoms with Gasteiger partial charge in [-0.2, -0.15) is 0 Å². The molecule has 10 heteroatoms. The Morgan fingerprint density at radius 1 is 1.31 bits per heavy atom. The number of carbonyl (C=O) groups excluding carboxylic acids is 2. The standard InChI is InChI=1S/C26H31N5O3S2/c1-5-21(32)29-18-9-6-8-17(12-18)24(33)31-11-7-10-19(15-31)30-25-28-14-23(36-25)35-16-22-27-13-20(34-22)26(2,3)4/h5-6,8-9,12-14,19H,1,7,10-11,15-16H2,2-4H3,(H,28,30)(H,29,32). The lowest BCUT2D eigenvalue weighted by Crippen LogP contribution is -2.45. The topological polar surface area (TPSA) is 100 Å². The fourth-order valence-corrected chi connectivity index (χ4v) is 5.61. The van der Waals surface area contributed by atoms with E-state index in [4.69, 9.17) is 4.42 Å². The molecular weight excluding hydrogens is 494 g/mol. The lowest BCUT2D eigenvalue weighted by molar-refractivity contribution is -0.111. The lowest BCUT2D eigenvalue weighted by Gasteiger charge is -2.33. The Kier molecular flexibility index (Phi) is 8.15. The summed E-state index contributed by atoms with van der Waals surface area (Å²) in [6.07, 6.45) is 6.74. The second-order valence-corrected chi connectivity index (χ2v) is 12.0. The van der Waals surface area contributed by atoms with Crippen molar-refractivity contribution in [3.8, 4) is 0 Å². The first-order valence-corrected chi connectivity index (χ1v) is 13.6. The number of anilines is 2. The summed E-state index contributed by atoms with van der Waals surface area (Å²) in [5.74, 6) is 1.89. The molecule has 3 aromatic rings. The van der Waals surface area contributed by atoms with Crippen molar-refractivity contribution in [2.24, 2.45) is 0 Å². The first-order valence-electron chi connectivity index (χ1n) is 11.8. The third kappa shape index (κ3) is 6.76. The maximum absolute atomic E-state index is 13.1. The lowest BCUT2D eigenvalue weighted by atomic mass is 9.94. The minimum absolute atomic E-state index is 0.0489. The van der Waals surface area contributed by atoms with Crippen molar-refractivity contribution >= 4 is 45.7 Å². The van der Waals surface area contributed by atoms with E-state index in [9.17, 15) is 9.59 Å². The van der Waals surface area contributed by atoms with Crippen molar-refractivity contribution in [1.29, 1.82) is 0 Å². The minimum atomic E-state index is -0.308. The highest BCUT2D eigenvalue weighted by molar-refractivity contribution is 8.00. The maximum Gasteiger partial charge on any atom is 0.253 e. The molecule has 4 rings (SSSR count). The van der Waals surface area contributed by atoms with E-state index in [1.54, 1.807) is 53.6 Å². The zero-order chi connectivity index (χ0) is 25.7. The van der Waals surface area contributed by atoms with Gasteiger partial charge in [-0.1, -0.05) is 44.8 Å². The predicted molar refractivity (Wildman–Crippen MR) is 145 cm³/mol. The Morgan fingerprint density at radius 3 is 2.89 bits per heavy atom. The quantitative estimate of drug-likeness (QED) is 0.293. The van der Waals surface area contributed by atoms with Gasteiger partial charge < -0.3 is 20.0 Å². The highest BCUT2D eigenvalue weighted by atomic mass is 32.2. The summed E-state index contributed by atoms with van der Waals surface area (Å²) in [6, 6.07) is 7.11. The Bertz CT molecular complexity index is 1230. The normalized spacial score (nSPS) is 16.0. The van der Waals surface area contributed by atoms with E-state index in [1.807, 2.05) is 11.1 Å². The van der Waals surface area contributed by atoms with Gasteiger partial charge in [0.1, 0.15) is 5.76 Å². The molecule has 0 aliphatic carbocycles. The van der Waals surface area contributed by atoms with E-state index in [-0.39, 0.29) is 23.3 Å². The molecule has 1 saturated heterocycles. The third-order valence-corrected chi connectivity index (χ3v) is 7.82. The first-order chi connectivity index (χ1) is 17.2. The molecule has 1 atom stereocenters. The molecule has 8 nitrogen and oxygen atoms in total. The Labute approximate surface area is 219 Å². The predicted octanol–water partition coefficient (Wildman–Crippen LogP) is 5.56. The number of carbonyl (C=O) groups is 2. The van der Waals surface area contributed by atoms with Gasteiger partial charge in [-0.3, -0.25) is 9.59 Å². The number of likely N-dealkylation sites (tertiary alicyclic amines) is 1. The molecule has 2 amide bonds. The second kappa shape index (κ2) is 11.3. The average Bonchev–Trinajstić information content (AvgIpc) is 3.52. The van der Waals surface area contributed by atoms with Crippen LogP contribution in [0.25, 0.3) is 0 Å². The van der Waals surface area contributed by atoms with E-state index < -0.39 is 0 Å². The van der Waals surface area contributed by atoms with Crippen LogP contribution in [0.3, 0.4) is 0 Å². The number of thioether (sulfide) groups is 1. The monoisotopic (exact) mass is 525 g/mol. The first kappa shape index (κ1) is 26.0. The average molecular weight is 526 g/mol. The number of amides is 2. The van der Waals surface area contributed by atoms with E-state index in [0.717, 1.165) is 27.9 Å². The number of piperidine rings is 1. The number of thiazole rings is 1. The molecule has 3 heterocycles. The molecule has 2 N–H and O–H groups in total. The fraction of sp³-hybridized carbons (Fsp3) is 0.385. The van der Waals surface area contributed by atoms with Crippen molar-refractivity contribution < 1.29 is 14.0 Å². The van der Waals surface area contributed by atoms with Gasteiger partial charge in [0.2, 0.25) is 11.8 Å². The molecule has 36 heavy (non-hydrogen) atoms. The van der Waals surface area contributed by atoms with Gasteiger partial charge in [-0.15, -0.1) is 11.8 Å². The molecule has 1 unspecified atom stereocenters. The number of oxazole rings is 1. The van der Waals surface area contributed by atoms with Crippen LogP contribution in [0.2, 0.25) is 0 Å². The molecule has 1 fully saturated rings. The van der Waals surface area contributed by atoms with Gasteiger partial charge in [-0.25, -0.2) is 9.97 Å². The number of nitrogens with one attached hydrogen (secondary N) is 2. The van der Waals surface area contributed by atoms with E-state index >= 15 is 0 Å². The van der Waals surface area contributed by atoms with Gasteiger partial charge in [-0.05, 0) is 37.1 Å². The van der Waals surface area contributed by atoms with Crippen LogP contribution in [0, 0.1) is 0 Å². The summed E-state index contributed by atoms with van der Waals surface area (Å²) in [5, 5.41) is 7.04. The molecule has 1 aromatic carbocycles. The summed E-state index contributed by atoms with van der Waals surface area (Å²) in [6.45, 7) is 11.1. The smallest absolute Gasteiger partial charge is 0.253 e. The van der Waals surface area contributed by atoms with Gasteiger partial charge in [0.15, 0.2) is 5.13 Å². The Balaban J connectivity index is 1.31. The van der Waals surface area contributed by atoms with E-state index in [1.165, 1.54) is 6.08 Å². The number of hydrogen-bond acceptors (Lipinski definition) is 8. The molecule has 0 bridgehead atoms. The molecule has 1 aliphatic heterocycles. The Hall–Kier alpha value is -3.11. The van der Waals surface area contributed by atoms with Crippen molar-refractivity contribution in [3.05, 3.63) is 66.5 Å². The number of rotatable bonds is 8.